The minimum absolute atomic E-state index is 0.0143. The number of likely N-dealkylation sites (tertiary alicyclic amines) is 1. The number of benzene rings is 1. The number of nitrogens with zero attached hydrogens (tertiary/aromatic N) is 1. The molecule has 6 nitrogen and oxygen atoms in total. The predicted molar refractivity (Wildman–Crippen MR) is 88.2 cm³/mol. The zero-order valence-corrected chi connectivity index (χ0v) is 13.7. The summed E-state index contributed by atoms with van der Waals surface area (Å²) in [5.41, 5.74) is 0. The van der Waals surface area contributed by atoms with Crippen LogP contribution in [0.15, 0.2) is 30.3 Å². The van der Waals surface area contributed by atoms with E-state index in [-0.39, 0.29) is 23.8 Å². The molecule has 0 radical (unpaired) electrons. The molecule has 126 valence electrons. The van der Waals surface area contributed by atoms with Gasteiger partial charge in [-0.15, -0.1) is 0 Å². The number of para-hydroxylation sites is 1. The SMILES string of the molecule is CNCC(C)C(=O)NC1CC(=O)N(CCOc2ccccc2)C1. The molecule has 2 amide bonds. The fourth-order valence-corrected chi connectivity index (χ4v) is 2.62. The number of ether oxygens (including phenoxy) is 1. The van der Waals surface area contributed by atoms with Crippen molar-refractivity contribution < 1.29 is 14.3 Å². The molecule has 0 aromatic heterocycles. The second-order valence-electron chi connectivity index (χ2n) is 5.87. The summed E-state index contributed by atoms with van der Waals surface area (Å²) in [5, 5.41) is 5.93. The molecule has 2 unspecified atom stereocenters. The molecule has 1 aromatic carbocycles. The van der Waals surface area contributed by atoms with Gasteiger partial charge in [-0.2, -0.15) is 0 Å². The van der Waals surface area contributed by atoms with Crippen LogP contribution in [0.5, 0.6) is 5.75 Å². The first kappa shape index (κ1) is 17.3. The molecule has 1 saturated heterocycles. The first-order chi connectivity index (χ1) is 11.1. The van der Waals surface area contributed by atoms with Gasteiger partial charge in [0.05, 0.1) is 12.6 Å². The molecule has 1 aromatic rings. The highest BCUT2D eigenvalue weighted by molar-refractivity contribution is 5.83. The number of rotatable bonds is 8. The Balaban J connectivity index is 1.73. The zero-order valence-electron chi connectivity index (χ0n) is 13.7. The third-order valence-corrected chi connectivity index (χ3v) is 3.89. The van der Waals surface area contributed by atoms with Gasteiger partial charge in [-0.3, -0.25) is 9.59 Å². The maximum Gasteiger partial charge on any atom is 0.224 e. The van der Waals surface area contributed by atoms with Crippen LogP contribution >= 0.6 is 0 Å². The lowest BCUT2D eigenvalue weighted by atomic mass is 10.1. The minimum atomic E-state index is -0.106. The fraction of sp³-hybridized carbons (Fsp3) is 0.529. The summed E-state index contributed by atoms with van der Waals surface area (Å²) < 4.78 is 5.61. The molecule has 1 aliphatic rings. The largest absolute Gasteiger partial charge is 0.492 e. The van der Waals surface area contributed by atoms with Crippen molar-refractivity contribution in [2.75, 3.05) is 33.3 Å². The molecule has 1 aliphatic heterocycles. The van der Waals surface area contributed by atoms with Crippen molar-refractivity contribution in [2.45, 2.75) is 19.4 Å². The highest BCUT2D eigenvalue weighted by Gasteiger charge is 2.31. The van der Waals surface area contributed by atoms with Gasteiger partial charge in [0.15, 0.2) is 0 Å². The Morgan fingerprint density at radius 3 is 2.83 bits per heavy atom. The average molecular weight is 319 g/mol. The van der Waals surface area contributed by atoms with E-state index in [9.17, 15) is 9.59 Å². The summed E-state index contributed by atoms with van der Waals surface area (Å²) in [6.45, 7) is 4.03. The van der Waals surface area contributed by atoms with Gasteiger partial charge in [0.25, 0.3) is 0 Å². The molecular weight excluding hydrogens is 294 g/mol. The number of carbonyl (C=O) groups is 2. The van der Waals surface area contributed by atoms with Crippen LogP contribution in [0.25, 0.3) is 0 Å². The van der Waals surface area contributed by atoms with E-state index in [4.69, 9.17) is 4.74 Å². The average Bonchev–Trinajstić information content (AvgIpc) is 2.88. The van der Waals surface area contributed by atoms with Gasteiger partial charge in [-0.1, -0.05) is 25.1 Å². The van der Waals surface area contributed by atoms with Crippen molar-refractivity contribution in [1.82, 2.24) is 15.5 Å². The maximum atomic E-state index is 12.0. The van der Waals surface area contributed by atoms with Gasteiger partial charge in [-0.25, -0.2) is 0 Å². The highest BCUT2D eigenvalue weighted by atomic mass is 16.5. The van der Waals surface area contributed by atoms with Crippen LogP contribution in [0.2, 0.25) is 0 Å². The Morgan fingerprint density at radius 2 is 2.13 bits per heavy atom. The number of hydrogen-bond acceptors (Lipinski definition) is 4. The lowest BCUT2D eigenvalue weighted by Crippen LogP contribution is -2.42. The van der Waals surface area contributed by atoms with Crippen molar-refractivity contribution in [1.29, 1.82) is 0 Å². The van der Waals surface area contributed by atoms with Crippen LogP contribution in [0.1, 0.15) is 13.3 Å². The van der Waals surface area contributed by atoms with E-state index >= 15 is 0 Å². The summed E-state index contributed by atoms with van der Waals surface area (Å²) in [4.78, 5) is 25.8. The Kier molecular flexibility index (Phi) is 6.40. The van der Waals surface area contributed by atoms with Gasteiger partial charge in [0.2, 0.25) is 11.8 Å². The van der Waals surface area contributed by atoms with Gasteiger partial charge >= 0.3 is 0 Å². The molecule has 0 saturated carbocycles. The van der Waals surface area contributed by atoms with E-state index in [1.807, 2.05) is 44.3 Å². The summed E-state index contributed by atoms with van der Waals surface area (Å²) >= 11 is 0. The molecule has 1 fully saturated rings. The second kappa shape index (κ2) is 8.53. The number of nitrogens with one attached hydrogen (secondary N) is 2. The monoisotopic (exact) mass is 319 g/mol. The smallest absolute Gasteiger partial charge is 0.224 e. The molecule has 2 atom stereocenters. The molecule has 6 heteroatoms. The molecular formula is C17H25N3O3. The molecule has 2 N–H and O–H groups in total. The summed E-state index contributed by atoms with van der Waals surface area (Å²) in [7, 11) is 1.82. The van der Waals surface area contributed by atoms with Gasteiger partial charge in [0, 0.05) is 25.4 Å². The Morgan fingerprint density at radius 1 is 1.39 bits per heavy atom. The molecule has 23 heavy (non-hydrogen) atoms. The van der Waals surface area contributed by atoms with Crippen LogP contribution in [0.3, 0.4) is 0 Å². The molecule has 0 spiro atoms. The lowest BCUT2D eigenvalue weighted by molar-refractivity contribution is -0.128. The van der Waals surface area contributed by atoms with Crippen molar-refractivity contribution in [3.8, 4) is 5.75 Å². The van der Waals surface area contributed by atoms with Gasteiger partial charge in [0.1, 0.15) is 12.4 Å². The predicted octanol–water partition coefficient (Wildman–Crippen LogP) is 0.638. The topological polar surface area (TPSA) is 70.7 Å². The third kappa shape index (κ3) is 5.25. The summed E-state index contributed by atoms with van der Waals surface area (Å²) in [5.74, 6) is 0.739. The number of amides is 2. The van der Waals surface area contributed by atoms with E-state index in [0.29, 0.717) is 32.7 Å². The van der Waals surface area contributed by atoms with Crippen LogP contribution in [0.4, 0.5) is 0 Å². The normalized spacial score (nSPS) is 18.8. The van der Waals surface area contributed by atoms with E-state index in [1.54, 1.807) is 4.90 Å². The first-order valence-corrected chi connectivity index (χ1v) is 8.00. The van der Waals surface area contributed by atoms with Crippen LogP contribution in [-0.4, -0.2) is 56.0 Å². The molecule has 0 bridgehead atoms. The molecule has 2 rings (SSSR count). The van der Waals surface area contributed by atoms with E-state index < -0.39 is 0 Å². The van der Waals surface area contributed by atoms with Crippen molar-refractivity contribution in [3.63, 3.8) is 0 Å². The van der Waals surface area contributed by atoms with Crippen LogP contribution in [-0.2, 0) is 9.59 Å². The summed E-state index contributed by atoms with van der Waals surface area (Å²) in [6, 6.07) is 9.42. The van der Waals surface area contributed by atoms with Gasteiger partial charge in [-0.05, 0) is 19.2 Å². The first-order valence-electron chi connectivity index (χ1n) is 8.00. The van der Waals surface area contributed by atoms with Crippen LogP contribution in [0, 0.1) is 5.92 Å². The lowest BCUT2D eigenvalue weighted by Gasteiger charge is -2.18. The second-order valence-corrected chi connectivity index (χ2v) is 5.87. The maximum absolute atomic E-state index is 12.0. The van der Waals surface area contributed by atoms with Crippen molar-refractivity contribution >= 4 is 11.8 Å². The standard InChI is InChI=1S/C17H25N3O3/c1-13(11-18-2)17(22)19-14-10-16(21)20(12-14)8-9-23-15-6-4-3-5-7-15/h3-7,13-14,18H,8-12H2,1-2H3,(H,19,22). The van der Waals surface area contributed by atoms with Crippen molar-refractivity contribution in [3.05, 3.63) is 30.3 Å². The highest BCUT2D eigenvalue weighted by Crippen LogP contribution is 2.13. The Labute approximate surface area is 137 Å². The zero-order chi connectivity index (χ0) is 16.7. The third-order valence-electron chi connectivity index (χ3n) is 3.89. The fourth-order valence-electron chi connectivity index (χ4n) is 2.62. The number of carbonyl (C=O) groups excluding carboxylic acids is 2. The summed E-state index contributed by atoms with van der Waals surface area (Å²) in [6.07, 6.45) is 0.364. The minimum Gasteiger partial charge on any atom is -0.492 e. The van der Waals surface area contributed by atoms with E-state index in [2.05, 4.69) is 10.6 Å². The Bertz CT molecular complexity index is 521. The van der Waals surface area contributed by atoms with E-state index in [0.717, 1.165) is 5.75 Å². The molecule has 1 heterocycles. The number of hydrogen-bond donors (Lipinski definition) is 2. The van der Waals surface area contributed by atoms with Gasteiger partial charge < -0.3 is 20.3 Å². The van der Waals surface area contributed by atoms with Crippen LogP contribution < -0.4 is 15.4 Å². The van der Waals surface area contributed by atoms with E-state index in [1.165, 1.54) is 0 Å². The Hall–Kier alpha value is -2.08. The molecule has 0 aliphatic carbocycles. The quantitative estimate of drug-likeness (QED) is 0.738. The van der Waals surface area contributed by atoms with Crippen molar-refractivity contribution in [2.24, 2.45) is 5.92 Å².